The van der Waals surface area contributed by atoms with Crippen molar-refractivity contribution < 1.29 is 0 Å². The fourth-order valence-electron chi connectivity index (χ4n) is 14.7. The Kier molecular flexibility index (Phi) is 20.5. The molecule has 13 rings (SSSR count). The van der Waals surface area contributed by atoms with Gasteiger partial charge in [-0.3, -0.25) is 0 Å². The lowest BCUT2D eigenvalue weighted by Gasteiger charge is -2.17. The summed E-state index contributed by atoms with van der Waals surface area (Å²) >= 11 is 0. The molecule has 13 aromatic rings. The van der Waals surface area contributed by atoms with Gasteiger partial charge in [-0.1, -0.05) is 306 Å². The summed E-state index contributed by atoms with van der Waals surface area (Å²) in [6.45, 7) is 17.2. The minimum Gasteiger partial charge on any atom is -0.340 e. The van der Waals surface area contributed by atoms with Crippen LogP contribution in [-0.2, 0) is 19.6 Å². The van der Waals surface area contributed by atoms with Gasteiger partial charge in [-0.25, -0.2) is 0 Å². The Bertz CT molecular complexity index is 4560. The Morgan fingerprint density at radius 2 is 0.463 bits per heavy atom. The van der Waals surface area contributed by atoms with Gasteiger partial charge in [0.05, 0.1) is 0 Å². The molecule has 0 amide bonds. The second-order valence-electron chi connectivity index (χ2n) is 27.0. The van der Waals surface area contributed by atoms with E-state index in [0.29, 0.717) is 17.8 Å². The highest BCUT2D eigenvalue weighted by Crippen LogP contribution is 2.37. The van der Waals surface area contributed by atoms with Crippen molar-refractivity contribution >= 4 is 114 Å². The van der Waals surface area contributed by atoms with Crippen molar-refractivity contribution in [1.82, 2.24) is 13.7 Å². The fourth-order valence-corrected chi connectivity index (χ4v) is 14.7. The van der Waals surface area contributed by atoms with Crippen molar-refractivity contribution in [3.63, 3.8) is 0 Å². The lowest BCUT2D eigenvalue weighted by molar-refractivity contribution is 0.401. The quantitative estimate of drug-likeness (QED) is 0.0434. The van der Waals surface area contributed by atoms with Crippen LogP contribution in [0.25, 0.3) is 136 Å². The third-order valence-electron chi connectivity index (χ3n) is 20.6. The molecule has 0 saturated carbocycles. The van der Waals surface area contributed by atoms with Crippen molar-refractivity contribution in [2.45, 2.75) is 138 Å². The average Bonchev–Trinajstić information content (AvgIpc) is 1.63. The van der Waals surface area contributed by atoms with Crippen LogP contribution in [0.4, 0.5) is 0 Å². The highest BCUT2D eigenvalue weighted by atomic mass is 15.0. The van der Waals surface area contributed by atoms with E-state index in [-0.39, 0.29) is 0 Å². The molecule has 10 aromatic carbocycles. The van der Waals surface area contributed by atoms with Gasteiger partial charge < -0.3 is 13.7 Å². The van der Waals surface area contributed by atoms with Gasteiger partial charge in [0.1, 0.15) is 0 Å². The van der Waals surface area contributed by atoms with Crippen molar-refractivity contribution in [2.75, 3.05) is 0 Å². The van der Waals surface area contributed by atoms with E-state index in [1.807, 2.05) is 0 Å². The van der Waals surface area contributed by atoms with Crippen LogP contribution in [-0.4, -0.2) is 13.7 Å². The Hall–Kier alpha value is -9.44. The summed E-state index contributed by atoms with van der Waals surface area (Å²) in [7, 11) is 0. The zero-order valence-electron chi connectivity index (χ0n) is 57.1. The van der Waals surface area contributed by atoms with E-state index in [1.54, 1.807) is 0 Å². The summed E-state index contributed by atoms with van der Waals surface area (Å²) in [5.74, 6) is 2.03. The fraction of sp³-hybridized carbons (Fsp3) is 0.261. The van der Waals surface area contributed by atoms with Crippen LogP contribution < -0.4 is 0 Å². The maximum absolute atomic E-state index is 2.60. The highest BCUT2D eigenvalue weighted by Gasteiger charge is 2.19. The summed E-state index contributed by atoms with van der Waals surface area (Å²) in [6.07, 6.45) is 33.1. The summed E-state index contributed by atoms with van der Waals surface area (Å²) in [5.41, 5.74) is 22.5. The van der Waals surface area contributed by atoms with E-state index >= 15 is 0 Å². The zero-order chi connectivity index (χ0) is 65.0. The first kappa shape index (κ1) is 64.3. The van der Waals surface area contributed by atoms with Crippen LogP contribution >= 0.6 is 0 Å². The van der Waals surface area contributed by atoms with Crippen LogP contribution in [0.3, 0.4) is 0 Å². The van der Waals surface area contributed by atoms with E-state index < -0.39 is 0 Å². The second-order valence-corrected chi connectivity index (χ2v) is 27.0. The van der Waals surface area contributed by atoms with E-state index in [2.05, 4.69) is 322 Å². The maximum atomic E-state index is 2.60. The molecule has 3 heteroatoms. The SMILES string of the molecule is CCCCC(CC)Cn1c2ccccc2c2cc(/C=C/c3ccc(-c4ccc(/C=C/c5ccc6c(c5)c5cc(/C=C/c7ccc(-c8ccc(/C=C/c9ccc%10c(c9)c9ccccc9n%10CC(CC)CCCC)cc8)cc7)ccc5n6CC(CC)CCCC)cc4)cc3)ccc21. The molecule has 0 aliphatic rings. The number of fused-ring (bicyclic) bond motifs is 9. The zero-order valence-corrected chi connectivity index (χ0v) is 57.1. The van der Waals surface area contributed by atoms with E-state index in [1.165, 1.54) is 209 Å². The molecule has 3 unspecified atom stereocenters. The number of para-hydroxylation sites is 2. The second kappa shape index (κ2) is 30.3. The Balaban J connectivity index is 0.673. The predicted octanol–water partition coefficient (Wildman–Crippen LogP) is 26.7. The standard InChI is InChI=1S/C92H95N3/c1-7-13-20-66(10-4)63-93-87-25-18-16-23-81(87)83-59-73(43-55-89(83)93)31-27-69-35-47-77(48-36-69)79-51-39-71(40-52-79)29-33-75-45-57-91-85(61-75)86-62-76(46-58-92(86)95(91)65-68(12-6)22-15-9-3)34-30-72-41-53-80(54-42-72)78-49-37-70(38-50-78)28-32-74-44-56-90-84(60-74)82-24-17-19-26-88(82)94(90)64-67(11-5)21-14-8-2/h16-19,23-62,66-68H,7-15,20-22,63-65H2,1-6H3/b31-27+,32-28+,33-29+,34-30+. The van der Waals surface area contributed by atoms with Crippen molar-refractivity contribution in [3.05, 3.63) is 263 Å². The molecule has 0 radical (unpaired) electrons. The summed E-state index contributed by atoms with van der Waals surface area (Å²) in [4.78, 5) is 0. The summed E-state index contributed by atoms with van der Waals surface area (Å²) in [5, 5.41) is 7.99. The maximum Gasteiger partial charge on any atom is 0.0491 e. The largest absolute Gasteiger partial charge is 0.340 e. The van der Waals surface area contributed by atoms with Crippen LogP contribution in [0.2, 0.25) is 0 Å². The summed E-state index contributed by atoms with van der Waals surface area (Å²) in [6, 6.07) is 82.0. The van der Waals surface area contributed by atoms with Gasteiger partial charge in [0.2, 0.25) is 0 Å². The Morgan fingerprint density at radius 3 is 0.716 bits per heavy atom. The molecule has 0 fully saturated rings. The van der Waals surface area contributed by atoms with Gasteiger partial charge >= 0.3 is 0 Å². The predicted molar refractivity (Wildman–Crippen MR) is 418 cm³/mol. The van der Waals surface area contributed by atoms with Crippen LogP contribution in [0.1, 0.15) is 163 Å². The molecule has 3 heterocycles. The molecule has 0 N–H and O–H groups in total. The van der Waals surface area contributed by atoms with E-state index in [4.69, 9.17) is 0 Å². The molecule has 0 spiro atoms. The smallest absolute Gasteiger partial charge is 0.0491 e. The number of hydrogen-bond donors (Lipinski definition) is 0. The molecular formula is C92H95N3. The molecule has 478 valence electrons. The number of unbranched alkanes of at least 4 members (excludes halogenated alkanes) is 3. The Morgan fingerprint density at radius 1 is 0.242 bits per heavy atom. The van der Waals surface area contributed by atoms with Gasteiger partial charge in [-0.15, -0.1) is 0 Å². The molecule has 3 aromatic heterocycles. The average molecular weight is 1240 g/mol. The molecule has 95 heavy (non-hydrogen) atoms. The van der Waals surface area contributed by atoms with Crippen LogP contribution in [0.5, 0.6) is 0 Å². The molecule has 0 saturated heterocycles. The van der Waals surface area contributed by atoms with E-state index in [9.17, 15) is 0 Å². The highest BCUT2D eigenvalue weighted by molar-refractivity contribution is 6.11. The van der Waals surface area contributed by atoms with Crippen LogP contribution in [0.15, 0.2) is 218 Å². The van der Waals surface area contributed by atoms with Gasteiger partial charge in [0.25, 0.3) is 0 Å². The Labute approximate surface area is 565 Å². The van der Waals surface area contributed by atoms with Gasteiger partial charge in [0.15, 0.2) is 0 Å². The molecule has 3 atom stereocenters. The lowest BCUT2D eigenvalue weighted by atomic mass is 9.99. The minimum absolute atomic E-state index is 0.639. The van der Waals surface area contributed by atoms with Gasteiger partial charge in [-0.2, -0.15) is 0 Å². The van der Waals surface area contributed by atoms with Gasteiger partial charge in [-0.05, 0) is 164 Å². The van der Waals surface area contributed by atoms with Crippen LogP contribution in [0, 0.1) is 17.8 Å². The normalized spacial score (nSPS) is 13.3. The number of rotatable bonds is 28. The lowest BCUT2D eigenvalue weighted by Crippen LogP contribution is -2.10. The first-order valence-corrected chi connectivity index (χ1v) is 36.0. The summed E-state index contributed by atoms with van der Waals surface area (Å²) < 4.78 is 7.76. The third-order valence-corrected chi connectivity index (χ3v) is 20.6. The number of aromatic nitrogens is 3. The molecule has 0 bridgehead atoms. The van der Waals surface area contributed by atoms with Crippen molar-refractivity contribution in [3.8, 4) is 22.3 Å². The molecule has 0 aliphatic carbocycles. The van der Waals surface area contributed by atoms with Gasteiger partial charge in [0, 0.05) is 85.1 Å². The molecule has 0 aliphatic heterocycles. The number of hydrogen-bond acceptors (Lipinski definition) is 0. The monoisotopic (exact) mass is 1240 g/mol. The van der Waals surface area contributed by atoms with E-state index in [0.717, 1.165) is 19.6 Å². The first-order valence-electron chi connectivity index (χ1n) is 36.0. The number of benzene rings is 10. The van der Waals surface area contributed by atoms with Crippen molar-refractivity contribution in [2.24, 2.45) is 17.8 Å². The minimum atomic E-state index is 0.639. The first-order chi connectivity index (χ1) is 46.8. The molecular weight excluding hydrogens is 1150 g/mol. The third kappa shape index (κ3) is 14.6. The topological polar surface area (TPSA) is 14.8 Å². The number of nitrogens with zero attached hydrogens (tertiary/aromatic N) is 3. The van der Waals surface area contributed by atoms with Crippen molar-refractivity contribution in [1.29, 1.82) is 0 Å². The molecule has 3 nitrogen and oxygen atoms in total.